The van der Waals surface area contributed by atoms with E-state index in [-0.39, 0.29) is 6.04 Å². The highest BCUT2D eigenvalue weighted by Crippen LogP contribution is 2.18. The van der Waals surface area contributed by atoms with Crippen LogP contribution in [0, 0.1) is 0 Å². The molecule has 0 amide bonds. The molecule has 2 aromatic heterocycles. The Morgan fingerprint density at radius 3 is 2.73 bits per heavy atom. The zero-order valence-electron chi connectivity index (χ0n) is 12.2. The smallest absolute Gasteiger partial charge is 0.226 e. The summed E-state index contributed by atoms with van der Waals surface area (Å²) < 4.78 is 0. The summed E-state index contributed by atoms with van der Waals surface area (Å²) in [5.74, 6) is 1.11. The van der Waals surface area contributed by atoms with Gasteiger partial charge in [0.2, 0.25) is 11.6 Å². The maximum Gasteiger partial charge on any atom is 0.226 e. The molecule has 0 aliphatic heterocycles. The van der Waals surface area contributed by atoms with Crippen LogP contribution in [0.2, 0.25) is 0 Å². The monoisotopic (exact) mass is 298 g/mol. The highest BCUT2D eigenvalue weighted by molar-refractivity contribution is 5.82. The minimum absolute atomic E-state index is 0.0114. The fourth-order valence-electron chi connectivity index (χ4n) is 1.98. The van der Waals surface area contributed by atoms with Crippen molar-refractivity contribution in [3.05, 3.63) is 35.9 Å². The van der Waals surface area contributed by atoms with Gasteiger partial charge in [-0.25, -0.2) is 0 Å². The van der Waals surface area contributed by atoms with Crippen molar-refractivity contribution in [2.45, 2.75) is 19.5 Å². The number of fused-ring (bicyclic) bond motifs is 1. The van der Waals surface area contributed by atoms with Crippen molar-refractivity contribution in [1.29, 1.82) is 0 Å². The third-order valence-corrected chi connectivity index (χ3v) is 3.07. The molecule has 2 heterocycles. The largest absolute Gasteiger partial charge is 0.364 e. The zero-order chi connectivity index (χ0) is 15.4. The Kier molecular flexibility index (Phi) is 4.10. The second-order valence-electron chi connectivity index (χ2n) is 5.09. The molecular formula is C14H18N8. The lowest BCUT2D eigenvalue weighted by Gasteiger charge is -2.10. The van der Waals surface area contributed by atoms with Crippen LogP contribution in [0.15, 0.2) is 30.3 Å². The first-order chi connectivity index (χ1) is 10.7. The number of nitrogens with one attached hydrogen (secondary N) is 3. The number of nitrogens with two attached hydrogens (primary N) is 1. The summed E-state index contributed by atoms with van der Waals surface area (Å²) in [7, 11) is 0. The molecule has 5 N–H and O–H groups in total. The van der Waals surface area contributed by atoms with E-state index in [9.17, 15) is 0 Å². The molecule has 0 bridgehead atoms. The highest BCUT2D eigenvalue weighted by atomic mass is 15.4. The van der Waals surface area contributed by atoms with E-state index < -0.39 is 0 Å². The maximum absolute atomic E-state index is 5.74. The van der Waals surface area contributed by atoms with E-state index in [1.807, 2.05) is 37.3 Å². The van der Waals surface area contributed by atoms with Gasteiger partial charge in [0, 0.05) is 19.1 Å². The van der Waals surface area contributed by atoms with Gasteiger partial charge in [-0.3, -0.25) is 0 Å². The van der Waals surface area contributed by atoms with Crippen molar-refractivity contribution in [3.63, 3.8) is 0 Å². The molecule has 0 aliphatic carbocycles. The highest BCUT2D eigenvalue weighted by Gasteiger charge is 2.11. The summed E-state index contributed by atoms with van der Waals surface area (Å²) in [6.07, 6.45) is 0. The molecule has 8 heteroatoms. The molecule has 8 nitrogen and oxygen atoms in total. The Labute approximate surface area is 127 Å². The molecule has 0 aliphatic rings. The molecule has 114 valence electrons. The van der Waals surface area contributed by atoms with Gasteiger partial charge < -0.3 is 16.4 Å². The van der Waals surface area contributed by atoms with Crippen LogP contribution in [0.5, 0.6) is 0 Å². The minimum atomic E-state index is 0.0114. The Balaban J connectivity index is 1.82. The van der Waals surface area contributed by atoms with Crippen LogP contribution in [-0.2, 0) is 6.54 Å². The molecule has 1 unspecified atom stereocenters. The van der Waals surface area contributed by atoms with Gasteiger partial charge in [0.25, 0.3) is 0 Å². The van der Waals surface area contributed by atoms with Crippen molar-refractivity contribution in [3.8, 4) is 0 Å². The predicted octanol–water partition coefficient (Wildman–Crippen LogP) is 1.12. The molecule has 3 rings (SSSR count). The van der Waals surface area contributed by atoms with E-state index in [1.165, 1.54) is 0 Å². The molecule has 0 spiro atoms. The second-order valence-corrected chi connectivity index (χ2v) is 5.09. The van der Waals surface area contributed by atoms with Gasteiger partial charge in [-0.1, -0.05) is 30.3 Å². The van der Waals surface area contributed by atoms with Crippen LogP contribution in [0.1, 0.15) is 12.5 Å². The molecule has 0 saturated heterocycles. The average Bonchev–Trinajstić information content (AvgIpc) is 3.00. The third-order valence-electron chi connectivity index (χ3n) is 3.07. The predicted molar refractivity (Wildman–Crippen MR) is 85.4 cm³/mol. The Morgan fingerprint density at radius 2 is 1.95 bits per heavy atom. The van der Waals surface area contributed by atoms with E-state index in [4.69, 9.17) is 5.73 Å². The first-order valence-electron chi connectivity index (χ1n) is 7.08. The summed E-state index contributed by atoms with van der Waals surface area (Å²) in [4.78, 5) is 8.75. The SMILES string of the molecule is CC(N)CNc1nc(NCc2ccccc2)c2n[nH]nc2n1. The van der Waals surface area contributed by atoms with Crippen molar-refractivity contribution < 1.29 is 0 Å². The zero-order valence-corrected chi connectivity index (χ0v) is 12.2. The number of nitrogens with zero attached hydrogens (tertiary/aromatic N) is 4. The Morgan fingerprint density at radius 1 is 1.14 bits per heavy atom. The van der Waals surface area contributed by atoms with Gasteiger partial charge in [0.1, 0.15) is 0 Å². The molecule has 0 fully saturated rings. The molecule has 1 atom stereocenters. The van der Waals surface area contributed by atoms with Gasteiger partial charge in [-0.15, -0.1) is 5.10 Å². The van der Waals surface area contributed by atoms with E-state index in [1.54, 1.807) is 0 Å². The lowest BCUT2D eigenvalue weighted by atomic mass is 10.2. The van der Waals surface area contributed by atoms with Crippen LogP contribution in [0.4, 0.5) is 11.8 Å². The van der Waals surface area contributed by atoms with Crippen LogP contribution >= 0.6 is 0 Å². The quantitative estimate of drug-likeness (QED) is 0.538. The third kappa shape index (κ3) is 3.29. The van der Waals surface area contributed by atoms with Crippen molar-refractivity contribution in [1.82, 2.24) is 25.4 Å². The first-order valence-corrected chi connectivity index (χ1v) is 7.08. The lowest BCUT2D eigenvalue weighted by Crippen LogP contribution is -2.26. The van der Waals surface area contributed by atoms with Gasteiger partial charge in [0.15, 0.2) is 11.3 Å². The van der Waals surface area contributed by atoms with Gasteiger partial charge in [-0.05, 0) is 12.5 Å². The van der Waals surface area contributed by atoms with E-state index >= 15 is 0 Å². The molecule has 22 heavy (non-hydrogen) atoms. The minimum Gasteiger partial charge on any atom is -0.364 e. The number of hydrogen-bond acceptors (Lipinski definition) is 7. The summed E-state index contributed by atoms with van der Waals surface area (Å²) in [6.45, 7) is 3.14. The topological polar surface area (TPSA) is 117 Å². The van der Waals surface area contributed by atoms with Crippen LogP contribution in [0.25, 0.3) is 11.2 Å². The van der Waals surface area contributed by atoms with Crippen LogP contribution in [0.3, 0.4) is 0 Å². The van der Waals surface area contributed by atoms with Crippen molar-refractivity contribution in [2.24, 2.45) is 5.73 Å². The summed E-state index contributed by atoms with van der Waals surface area (Å²) in [5, 5.41) is 17.1. The molecule has 1 aromatic carbocycles. The normalized spacial score (nSPS) is 12.3. The van der Waals surface area contributed by atoms with Crippen LogP contribution in [-0.4, -0.2) is 38.0 Å². The number of aromatic amines is 1. The number of H-pyrrole nitrogens is 1. The van der Waals surface area contributed by atoms with Crippen molar-refractivity contribution in [2.75, 3.05) is 17.2 Å². The maximum atomic E-state index is 5.74. The Hall–Kier alpha value is -2.74. The standard InChI is InChI=1S/C14H18N8/c1-9(15)7-17-14-18-12(11-13(19-14)21-22-20-11)16-8-10-5-3-2-4-6-10/h2-6,9H,7-8,15H2,1H3,(H3,16,17,18,19,20,21,22). The van der Waals surface area contributed by atoms with Crippen molar-refractivity contribution >= 4 is 22.9 Å². The molecule has 0 saturated carbocycles. The molecular weight excluding hydrogens is 280 g/mol. The van der Waals surface area contributed by atoms with E-state index in [2.05, 4.69) is 36.0 Å². The molecule has 3 aromatic rings. The number of benzene rings is 1. The summed E-state index contributed by atoms with van der Waals surface area (Å²) in [5.41, 5.74) is 8.02. The first kappa shape index (κ1) is 14.2. The van der Waals surface area contributed by atoms with Gasteiger partial charge >= 0.3 is 0 Å². The molecule has 0 radical (unpaired) electrons. The number of anilines is 2. The second kappa shape index (κ2) is 6.35. The van der Waals surface area contributed by atoms with E-state index in [0.717, 1.165) is 5.56 Å². The van der Waals surface area contributed by atoms with E-state index in [0.29, 0.717) is 36.0 Å². The number of aromatic nitrogens is 5. The fourth-order valence-corrected chi connectivity index (χ4v) is 1.98. The lowest BCUT2D eigenvalue weighted by molar-refractivity contribution is 0.774. The average molecular weight is 298 g/mol. The Bertz CT molecular complexity index is 737. The fraction of sp³-hybridized carbons (Fsp3) is 0.286. The van der Waals surface area contributed by atoms with Gasteiger partial charge in [0.05, 0.1) is 0 Å². The number of rotatable bonds is 6. The number of hydrogen-bond donors (Lipinski definition) is 4. The summed E-state index contributed by atoms with van der Waals surface area (Å²) >= 11 is 0. The summed E-state index contributed by atoms with van der Waals surface area (Å²) in [6, 6.07) is 10.1. The van der Waals surface area contributed by atoms with Crippen LogP contribution < -0.4 is 16.4 Å². The van der Waals surface area contributed by atoms with Gasteiger partial charge in [-0.2, -0.15) is 20.3 Å².